The number of benzene rings is 2. The number of ether oxygens (including phenoxy) is 2. The van der Waals surface area contributed by atoms with Crippen LogP contribution in [0, 0.1) is 5.92 Å². The molecule has 3 rings (SSSR count). The summed E-state index contributed by atoms with van der Waals surface area (Å²) in [7, 11) is 1.61. The van der Waals surface area contributed by atoms with Crippen LogP contribution in [0.2, 0.25) is 0 Å². The summed E-state index contributed by atoms with van der Waals surface area (Å²) >= 11 is 0. The second-order valence-electron chi connectivity index (χ2n) is 6.77. The molecule has 0 heterocycles. The predicted octanol–water partition coefficient (Wildman–Crippen LogP) is 3.80. The molecular formula is C23H25NO4. The summed E-state index contributed by atoms with van der Waals surface area (Å²) in [5.74, 6) is -0.0359. The summed E-state index contributed by atoms with van der Waals surface area (Å²) in [6.45, 7) is -0.279. The van der Waals surface area contributed by atoms with Gasteiger partial charge in [0.2, 0.25) is 0 Å². The van der Waals surface area contributed by atoms with E-state index in [9.17, 15) is 9.59 Å². The van der Waals surface area contributed by atoms with E-state index in [2.05, 4.69) is 11.4 Å². The number of esters is 1. The fraction of sp³-hybridized carbons (Fsp3) is 0.304. The van der Waals surface area contributed by atoms with Gasteiger partial charge in [-0.15, -0.1) is 0 Å². The molecule has 0 radical (unpaired) electrons. The molecule has 2 aromatic carbocycles. The van der Waals surface area contributed by atoms with E-state index in [1.807, 2.05) is 60.7 Å². The molecule has 1 N–H and O–H groups in total. The van der Waals surface area contributed by atoms with Gasteiger partial charge in [0.15, 0.2) is 6.61 Å². The van der Waals surface area contributed by atoms with Gasteiger partial charge in [0.1, 0.15) is 5.75 Å². The second-order valence-corrected chi connectivity index (χ2v) is 6.77. The summed E-state index contributed by atoms with van der Waals surface area (Å²) in [5, 5.41) is 2.97. The molecule has 0 fully saturated rings. The van der Waals surface area contributed by atoms with Crippen molar-refractivity contribution in [2.75, 3.05) is 13.7 Å². The molecule has 2 atom stereocenters. The number of methoxy groups -OCH3 is 1. The number of hydrogen-bond acceptors (Lipinski definition) is 4. The number of allylic oxidation sites excluding steroid dienone is 2. The van der Waals surface area contributed by atoms with Gasteiger partial charge >= 0.3 is 5.97 Å². The first-order valence-corrected chi connectivity index (χ1v) is 9.47. The lowest BCUT2D eigenvalue weighted by molar-refractivity contribution is -0.153. The third-order valence-corrected chi connectivity index (χ3v) is 4.84. The second kappa shape index (κ2) is 9.74. The highest BCUT2D eigenvalue weighted by Crippen LogP contribution is 2.24. The van der Waals surface area contributed by atoms with Crippen molar-refractivity contribution in [3.63, 3.8) is 0 Å². The summed E-state index contributed by atoms with van der Waals surface area (Å²) in [6, 6.07) is 16.9. The molecule has 0 saturated heterocycles. The topological polar surface area (TPSA) is 64.6 Å². The minimum atomic E-state index is -0.337. The largest absolute Gasteiger partial charge is 0.497 e. The molecule has 1 aliphatic rings. The van der Waals surface area contributed by atoms with Crippen LogP contribution in [0.25, 0.3) is 0 Å². The Morgan fingerprint density at radius 3 is 2.39 bits per heavy atom. The van der Waals surface area contributed by atoms with Gasteiger partial charge in [-0.1, -0.05) is 54.6 Å². The third-order valence-electron chi connectivity index (χ3n) is 4.84. The Balaban J connectivity index is 1.66. The van der Waals surface area contributed by atoms with Gasteiger partial charge in [-0.2, -0.15) is 0 Å². The minimum Gasteiger partial charge on any atom is -0.497 e. The minimum absolute atomic E-state index is 0.149. The Morgan fingerprint density at radius 2 is 1.75 bits per heavy atom. The SMILES string of the molecule is COc1ccc([C@H](NC(=O)COC(=O)[C@H]2CC=CCC2)c2ccccc2)cc1. The summed E-state index contributed by atoms with van der Waals surface area (Å²) in [6.07, 6.45) is 6.38. The van der Waals surface area contributed by atoms with E-state index >= 15 is 0 Å². The van der Waals surface area contributed by atoms with Crippen LogP contribution >= 0.6 is 0 Å². The van der Waals surface area contributed by atoms with Gasteiger partial charge in [-0.25, -0.2) is 0 Å². The first-order valence-electron chi connectivity index (χ1n) is 9.47. The van der Waals surface area contributed by atoms with Crippen molar-refractivity contribution in [2.45, 2.75) is 25.3 Å². The lowest BCUT2D eigenvalue weighted by atomic mass is 9.95. The number of rotatable bonds is 7. The molecule has 0 bridgehead atoms. The average molecular weight is 379 g/mol. The molecule has 5 nitrogen and oxygen atoms in total. The van der Waals surface area contributed by atoms with Crippen LogP contribution < -0.4 is 10.1 Å². The molecule has 0 aromatic heterocycles. The maximum Gasteiger partial charge on any atom is 0.309 e. The van der Waals surface area contributed by atoms with Gasteiger partial charge in [-0.05, 0) is 42.5 Å². The lowest BCUT2D eigenvalue weighted by Gasteiger charge is -2.21. The van der Waals surface area contributed by atoms with Crippen molar-refractivity contribution < 1.29 is 19.1 Å². The number of carbonyl (C=O) groups excluding carboxylic acids is 2. The highest BCUT2D eigenvalue weighted by atomic mass is 16.5. The lowest BCUT2D eigenvalue weighted by Crippen LogP contribution is -2.34. The maximum atomic E-state index is 12.5. The molecule has 0 unspecified atom stereocenters. The number of amides is 1. The van der Waals surface area contributed by atoms with Crippen molar-refractivity contribution in [3.8, 4) is 5.75 Å². The van der Waals surface area contributed by atoms with E-state index < -0.39 is 0 Å². The molecule has 0 aliphatic heterocycles. The maximum absolute atomic E-state index is 12.5. The fourth-order valence-electron chi connectivity index (χ4n) is 3.27. The molecule has 146 valence electrons. The van der Waals surface area contributed by atoms with Crippen LogP contribution in [-0.2, 0) is 14.3 Å². The Hall–Kier alpha value is -3.08. The van der Waals surface area contributed by atoms with Crippen LogP contribution in [0.15, 0.2) is 66.7 Å². The Morgan fingerprint density at radius 1 is 1.04 bits per heavy atom. The smallest absolute Gasteiger partial charge is 0.309 e. The van der Waals surface area contributed by atoms with E-state index in [1.54, 1.807) is 7.11 Å². The summed E-state index contributed by atoms with van der Waals surface area (Å²) in [5.41, 5.74) is 1.87. The van der Waals surface area contributed by atoms with Crippen molar-refractivity contribution in [3.05, 3.63) is 77.9 Å². The number of nitrogens with one attached hydrogen (secondary N) is 1. The molecule has 2 aromatic rings. The van der Waals surface area contributed by atoms with E-state index in [0.717, 1.165) is 29.7 Å². The van der Waals surface area contributed by atoms with E-state index in [-0.39, 0.29) is 30.4 Å². The normalized spacial score (nSPS) is 16.8. The van der Waals surface area contributed by atoms with Crippen LogP contribution in [0.4, 0.5) is 0 Å². The quantitative estimate of drug-likeness (QED) is 0.587. The van der Waals surface area contributed by atoms with Crippen LogP contribution in [0.3, 0.4) is 0 Å². The van der Waals surface area contributed by atoms with Crippen molar-refractivity contribution in [1.29, 1.82) is 0 Å². The standard InChI is InChI=1S/C23H25NO4/c1-27-20-14-12-18(13-15-20)22(17-8-4-2-5-9-17)24-21(25)16-28-23(26)19-10-6-3-7-11-19/h2-6,8-9,12-15,19,22H,7,10-11,16H2,1H3,(H,24,25)/t19-,22+/m0/s1. The van der Waals surface area contributed by atoms with Gasteiger partial charge < -0.3 is 14.8 Å². The number of carbonyl (C=O) groups is 2. The van der Waals surface area contributed by atoms with Gasteiger partial charge in [0.25, 0.3) is 5.91 Å². The van der Waals surface area contributed by atoms with E-state index in [4.69, 9.17) is 9.47 Å². The van der Waals surface area contributed by atoms with Crippen molar-refractivity contribution in [2.24, 2.45) is 5.92 Å². The third kappa shape index (κ3) is 5.22. The van der Waals surface area contributed by atoms with E-state index in [0.29, 0.717) is 6.42 Å². The molecule has 28 heavy (non-hydrogen) atoms. The van der Waals surface area contributed by atoms with Gasteiger partial charge in [0.05, 0.1) is 19.1 Å². The zero-order chi connectivity index (χ0) is 19.8. The van der Waals surface area contributed by atoms with Crippen LogP contribution in [0.5, 0.6) is 5.75 Å². The van der Waals surface area contributed by atoms with Gasteiger partial charge in [0, 0.05) is 0 Å². The Bertz CT molecular complexity index is 814. The highest BCUT2D eigenvalue weighted by molar-refractivity contribution is 5.82. The number of hydrogen-bond donors (Lipinski definition) is 1. The summed E-state index contributed by atoms with van der Waals surface area (Å²) in [4.78, 5) is 24.6. The van der Waals surface area contributed by atoms with Crippen molar-refractivity contribution >= 4 is 11.9 Å². The summed E-state index contributed by atoms with van der Waals surface area (Å²) < 4.78 is 10.5. The first kappa shape index (κ1) is 19.7. The molecule has 1 aliphatic carbocycles. The zero-order valence-corrected chi connectivity index (χ0v) is 16.0. The average Bonchev–Trinajstić information content (AvgIpc) is 2.77. The molecule has 1 amide bonds. The Kier molecular flexibility index (Phi) is 6.84. The first-order chi connectivity index (χ1) is 13.7. The monoisotopic (exact) mass is 379 g/mol. The fourth-order valence-corrected chi connectivity index (χ4v) is 3.27. The van der Waals surface area contributed by atoms with Gasteiger partial charge in [-0.3, -0.25) is 9.59 Å². The Labute approximate surface area is 165 Å². The highest BCUT2D eigenvalue weighted by Gasteiger charge is 2.22. The van der Waals surface area contributed by atoms with E-state index in [1.165, 1.54) is 0 Å². The van der Waals surface area contributed by atoms with Crippen LogP contribution in [-0.4, -0.2) is 25.6 Å². The van der Waals surface area contributed by atoms with Crippen LogP contribution in [0.1, 0.15) is 36.4 Å². The molecule has 5 heteroatoms. The molecule has 0 spiro atoms. The van der Waals surface area contributed by atoms with Crippen molar-refractivity contribution in [1.82, 2.24) is 5.32 Å². The molecular weight excluding hydrogens is 354 g/mol. The molecule has 0 saturated carbocycles. The predicted molar refractivity (Wildman–Crippen MR) is 107 cm³/mol. The zero-order valence-electron chi connectivity index (χ0n) is 16.0.